The lowest BCUT2D eigenvalue weighted by atomic mass is 10.1. The van der Waals surface area contributed by atoms with Crippen molar-refractivity contribution in [3.8, 4) is 11.5 Å². The Hall–Kier alpha value is -1.60. The van der Waals surface area contributed by atoms with Crippen molar-refractivity contribution in [1.29, 1.82) is 0 Å². The van der Waals surface area contributed by atoms with Crippen LogP contribution in [-0.4, -0.2) is 37.0 Å². The standard InChI is InChI=1S/C17H25N2O5PS/c1-5-23-25(21,24-6-2)15(11-19-17-18-7-8-26-17)13-9-12(3)16(20)14(10-13)22-4/h7-10,15,20H,5-6,11H2,1-4H3,(H,18,19). The lowest BCUT2D eigenvalue weighted by Gasteiger charge is -2.27. The lowest BCUT2D eigenvalue weighted by molar-refractivity contribution is 0.213. The van der Waals surface area contributed by atoms with Gasteiger partial charge in [-0.2, -0.15) is 0 Å². The van der Waals surface area contributed by atoms with Crippen molar-refractivity contribution < 1.29 is 23.5 Å². The van der Waals surface area contributed by atoms with Crippen molar-refractivity contribution in [1.82, 2.24) is 4.98 Å². The maximum Gasteiger partial charge on any atom is 0.339 e. The van der Waals surface area contributed by atoms with Crippen molar-refractivity contribution in [3.05, 3.63) is 34.8 Å². The number of benzene rings is 1. The fourth-order valence-corrected chi connectivity index (χ4v) is 5.13. The number of phenolic OH excluding ortho intramolecular Hbond substituents is 1. The summed E-state index contributed by atoms with van der Waals surface area (Å²) in [6.45, 7) is 6.15. The number of thiazole rings is 1. The van der Waals surface area contributed by atoms with Crippen LogP contribution in [0.3, 0.4) is 0 Å². The van der Waals surface area contributed by atoms with E-state index in [2.05, 4.69) is 10.3 Å². The number of phenols is 1. The van der Waals surface area contributed by atoms with E-state index in [0.717, 1.165) is 5.13 Å². The van der Waals surface area contributed by atoms with Crippen LogP contribution in [0.4, 0.5) is 5.13 Å². The van der Waals surface area contributed by atoms with E-state index in [9.17, 15) is 9.67 Å². The highest BCUT2D eigenvalue weighted by Crippen LogP contribution is 2.61. The van der Waals surface area contributed by atoms with E-state index < -0.39 is 13.3 Å². The summed E-state index contributed by atoms with van der Waals surface area (Å²) in [6, 6.07) is 3.44. The van der Waals surface area contributed by atoms with Gasteiger partial charge < -0.3 is 24.2 Å². The van der Waals surface area contributed by atoms with Crippen LogP contribution >= 0.6 is 18.9 Å². The summed E-state index contributed by atoms with van der Waals surface area (Å²) in [5, 5.41) is 15.9. The molecule has 0 radical (unpaired) electrons. The van der Waals surface area contributed by atoms with E-state index in [4.69, 9.17) is 13.8 Å². The van der Waals surface area contributed by atoms with E-state index in [0.29, 0.717) is 23.4 Å². The maximum absolute atomic E-state index is 13.5. The molecule has 0 saturated carbocycles. The van der Waals surface area contributed by atoms with E-state index in [-0.39, 0.29) is 19.0 Å². The molecule has 0 aliphatic heterocycles. The number of rotatable bonds is 10. The van der Waals surface area contributed by atoms with Gasteiger partial charge >= 0.3 is 7.60 Å². The van der Waals surface area contributed by atoms with E-state index in [1.165, 1.54) is 18.4 Å². The number of aryl methyl sites for hydroxylation is 1. The number of aromatic nitrogens is 1. The van der Waals surface area contributed by atoms with Crippen molar-refractivity contribution in [2.45, 2.75) is 26.4 Å². The Balaban J connectivity index is 2.44. The van der Waals surface area contributed by atoms with Gasteiger partial charge in [0, 0.05) is 18.1 Å². The average molecular weight is 400 g/mol. The Kier molecular flexibility index (Phi) is 7.46. The van der Waals surface area contributed by atoms with Crippen LogP contribution in [0, 0.1) is 6.92 Å². The molecule has 26 heavy (non-hydrogen) atoms. The minimum atomic E-state index is -3.46. The predicted octanol–water partition coefficient (Wildman–Crippen LogP) is 4.59. The molecule has 7 nitrogen and oxygen atoms in total. The molecule has 0 bridgehead atoms. The molecule has 1 unspecified atom stereocenters. The van der Waals surface area contributed by atoms with E-state index >= 15 is 0 Å². The monoisotopic (exact) mass is 400 g/mol. The number of methoxy groups -OCH3 is 1. The largest absolute Gasteiger partial charge is 0.504 e. The van der Waals surface area contributed by atoms with Gasteiger partial charge in [-0.1, -0.05) is 6.07 Å². The van der Waals surface area contributed by atoms with Gasteiger partial charge in [0.15, 0.2) is 16.6 Å². The Bertz CT molecular complexity index is 744. The molecule has 0 saturated heterocycles. The normalized spacial score (nSPS) is 12.8. The first-order chi connectivity index (χ1) is 12.4. The second kappa shape index (κ2) is 9.37. The Labute approximate surface area is 157 Å². The van der Waals surface area contributed by atoms with Crippen LogP contribution in [0.25, 0.3) is 0 Å². The van der Waals surface area contributed by atoms with Crippen LogP contribution < -0.4 is 10.1 Å². The molecule has 0 amide bonds. The van der Waals surface area contributed by atoms with Gasteiger partial charge in [0.25, 0.3) is 0 Å². The molecule has 2 rings (SSSR count). The second-order valence-electron chi connectivity index (χ2n) is 5.50. The minimum absolute atomic E-state index is 0.0607. The molecule has 1 aromatic carbocycles. The third kappa shape index (κ3) is 4.76. The van der Waals surface area contributed by atoms with E-state index in [1.807, 2.05) is 5.38 Å². The number of anilines is 1. The molecule has 2 aromatic rings. The first-order valence-corrected chi connectivity index (χ1v) is 10.8. The highest BCUT2D eigenvalue weighted by molar-refractivity contribution is 7.54. The van der Waals surface area contributed by atoms with Gasteiger partial charge in [-0.3, -0.25) is 4.57 Å². The average Bonchev–Trinajstić information content (AvgIpc) is 3.11. The van der Waals surface area contributed by atoms with Gasteiger partial charge in [-0.15, -0.1) is 11.3 Å². The highest BCUT2D eigenvalue weighted by Gasteiger charge is 2.37. The van der Waals surface area contributed by atoms with Gasteiger partial charge in [-0.05, 0) is 38.0 Å². The summed E-state index contributed by atoms with van der Waals surface area (Å²) in [5.74, 6) is 0.379. The zero-order valence-electron chi connectivity index (χ0n) is 15.4. The Morgan fingerprint density at radius 3 is 2.54 bits per heavy atom. The Morgan fingerprint density at radius 2 is 2.00 bits per heavy atom. The first kappa shape index (κ1) is 20.7. The molecule has 1 aromatic heterocycles. The molecule has 2 N–H and O–H groups in total. The second-order valence-corrected chi connectivity index (χ2v) is 8.61. The van der Waals surface area contributed by atoms with Crippen LogP contribution in [0.1, 0.15) is 30.6 Å². The highest BCUT2D eigenvalue weighted by atomic mass is 32.1. The molecule has 144 valence electrons. The van der Waals surface area contributed by atoms with Gasteiger partial charge in [0.2, 0.25) is 0 Å². The number of hydrogen-bond donors (Lipinski definition) is 2. The lowest BCUT2D eigenvalue weighted by Crippen LogP contribution is -2.16. The van der Waals surface area contributed by atoms with Crippen molar-refractivity contribution in [2.75, 3.05) is 32.2 Å². The van der Waals surface area contributed by atoms with E-state index in [1.54, 1.807) is 39.1 Å². The molecule has 0 aliphatic carbocycles. The molecule has 0 spiro atoms. The quantitative estimate of drug-likeness (QED) is 0.564. The van der Waals surface area contributed by atoms with Crippen molar-refractivity contribution in [3.63, 3.8) is 0 Å². The van der Waals surface area contributed by atoms with Gasteiger partial charge in [0.05, 0.1) is 20.3 Å². The molecule has 0 fully saturated rings. The minimum Gasteiger partial charge on any atom is -0.504 e. The number of hydrogen-bond acceptors (Lipinski definition) is 8. The molecule has 0 aliphatic rings. The van der Waals surface area contributed by atoms with Gasteiger partial charge in [0.1, 0.15) is 5.66 Å². The third-order valence-electron chi connectivity index (χ3n) is 3.77. The van der Waals surface area contributed by atoms with Crippen LogP contribution in [0.15, 0.2) is 23.7 Å². The van der Waals surface area contributed by atoms with Crippen LogP contribution in [0.2, 0.25) is 0 Å². The molecule has 9 heteroatoms. The van der Waals surface area contributed by atoms with Gasteiger partial charge in [-0.25, -0.2) is 4.98 Å². The van der Waals surface area contributed by atoms with Crippen LogP contribution in [0.5, 0.6) is 11.5 Å². The fraction of sp³-hybridized carbons (Fsp3) is 0.471. The molecular weight excluding hydrogens is 375 g/mol. The molecule has 1 atom stereocenters. The predicted molar refractivity (Wildman–Crippen MR) is 104 cm³/mol. The number of nitrogens with zero attached hydrogens (tertiary/aromatic N) is 1. The molecule has 1 heterocycles. The van der Waals surface area contributed by atoms with Crippen molar-refractivity contribution >= 4 is 24.1 Å². The summed E-state index contributed by atoms with van der Waals surface area (Å²) in [6.07, 6.45) is 1.69. The Morgan fingerprint density at radius 1 is 1.31 bits per heavy atom. The summed E-state index contributed by atoms with van der Waals surface area (Å²) in [7, 11) is -1.98. The zero-order chi connectivity index (χ0) is 19.2. The van der Waals surface area contributed by atoms with Crippen molar-refractivity contribution in [2.24, 2.45) is 0 Å². The summed E-state index contributed by atoms with van der Waals surface area (Å²) < 4.78 is 29.9. The maximum atomic E-state index is 13.5. The van der Waals surface area contributed by atoms with Crippen LogP contribution in [-0.2, 0) is 13.6 Å². The summed E-state index contributed by atoms with van der Waals surface area (Å²) in [4.78, 5) is 4.19. The fourth-order valence-electron chi connectivity index (χ4n) is 2.61. The SMILES string of the molecule is CCOP(=O)(OCC)C(CNc1nccs1)c1cc(C)c(O)c(OC)c1. The first-order valence-electron chi connectivity index (χ1n) is 8.34. The summed E-state index contributed by atoms with van der Waals surface area (Å²) >= 11 is 1.45. The summed E-state index contributed by atoms with van der Waals surface area (Å²) in [5.41, 5.74) is 0.740. The smallest absolute Gasteiger partial charge is 0.339 e. The topological polar surface area (TPSA) is 89.9 Å². The molecular formula is C17H25N2O5PS. The third-order valence-corrected chi connectivity index (χ3v) is 6.98. The number of ether oxygens (including phenoxy) is 1. The number of aromatic hydroxyl groups is 1. The number of nitrogens with one attached hydrogen (secondary N) is 1. The zero-order valence-corrected chi connectivity index (χ0v) is 17.1.